The van der Waals surface area contributed by atoms with E-state index in [4.69, 9.17) is 0 Å². The first-order valence-electron chi connectivity index (χ1n) is 3.97. The molecule has 1 aromatic heterocycles. The summed E-state index contributed by atoms with van der Waals surface area (Å²) in [6.45, 7) is 2.35. The largest absolute Gasteiger partial charge is 0.350 e. The van der Waals surface area contributed by atoms with Gasteiger partial charge in [-0.15, -0.1) is 0 Å². The van der Waals surface area contributed by atoms with Crippen LogP contribution in [0.25, 0.3) is 0 Å². The van der Waals surface area contributed by atoms with Crippen LogP contribution in [0.5, 0.6) is 0 Å². The monoisotopic (exact) mass is 167 g/mol. The Morgan fingerprint density at radius 2 is 2.50 bits per heavy atom. The Hall–Kier alpha value is -1.32. The molecular weight excluding hydrogens is 154 g/mol. The van der Waals surface area contributed by atoms with E-state index < -0.39 is 0 Å². The molecule has 0 unspecified atom stereocenters. The standard InChI is InChI=1S/C8H13N3O/c1-3-8(12)9-6-7-4-5-11(2)10-7/h4-5H,3,6H2,1-2H3,(H,9,12). The van der Waals surface area contributed by atoms with Crippen molar-refractivity contribution in [3.05, 3.63) is 18.0 Å². The lowest BCUT2D eigenvalue weighted by atomic mass is 10.4. The predicted molar refractivity (Wildman–Crippen MR) is 45.3 cm³/mol. The summed E-state index contributed by atoms with van der Waals surface area (Å²) in [4.78, 5) is 10.8. The molecule has 66 valence electrons. The Labute approximate surface area is 71.6 Å². The molecule has 1 N–H and O–H groups in total. The Balaban J connectivity index is 2.38. The van der Waals surface area contributed by atoms with Gasteiger partial charge in [0.25, 0.3) is 0 Å². The van der Waals surface area contributed by atoms with Gasteiger partial charge in [0, 0.05) is 19.7 Å². The molecule has 12 heavy (non-hydrogen) atoms. The Kier molecular flexibility index (Phi) is 2.85. The molecule has 0 aliphatic heterocycles. The predicted octanol–water partition coefficient (Wildman–Crippen LogP) is 0.446. The molecular formula is C8H13N3O. The average Bonchev–Trinajstić information content (AvgIpc) is 2.47. The van der Waals surface area contributed by atoms with Crippen LogP contribution in [-0.2, 0) is 18.4 Å². The van der Waals surface area contributed by atoms with E-state index in [0.717, 1.165) is 5.69 Å². The van der Waals surface area contributed by atoms with E-state index in [1.54, 1.807) is 4.68 Å². The Morgan fingerprint density at radius 1 is 1.75 bits per heavy atom. The van der Waals surface area contributed by atoms with E-state index in [1.807, 2.05) is 26.2 Å². The van der Waals surface area contributed by atoms with Crippen LogP contribution in [0.15, 0.2) is 12.3 Å². The fourth-order valence-electron chi connectivity index (χ4n) is 0.872. The van der Waals surface area contributed by atoms with Gasteiger partial charge in [-0.2, -0.15) is 5.10 Å². The number of amides is 1. The van der Waals surface area contributed by atoms with Crippen LogP contribution in [-0.4, -0.2) is 15.7 Å². The maximum absolute atomic E-state index is 10.8. The smallest absolute Gasteiger partial charge is 0.220 e. The van der Waals surface area contributed by atoms with Gasteiger partial charge in [0.05, 0.1) is 12.2 Å². The third-order valence-corrected chi connectivity index (χ3v) is 1.56. The van der Waals surface area contributed by atoms with Crippen molar-refractivity contribution < 1.29 is 4.79 Å². The SMILES string of the molecule is CCC(=O)NCc1ccn(C)n1. The molecule has 0 saturated heterocycles. The molecule has 0 aliphatic rings. The highest BCUT2D eigenvalue weighted by Crippen LogP contribution is 1.92. The molecule has 0 aliphatic carbocycles. The van der Waals surface area contributed by atoms with Gasteiger partial charge in [0.2, 0.25) is 5.91 Å². The van der Waals surface area contributed by atoms with Gasteiger partial charge in [-0.3, -0.25) is 9.48 Å². The molecule has 0 bridgehead atoms. The molecule has 0 saturated carbocycles. The van der Waals surface area contributed by atoms with Crippen LogP contribution in [0, 0.1) is 0 Å². The van der Waals surface area contributed by atoms with Gasteiger partial charge in [0.15, 0.2) is 0 Å². The van der Waals surface area contributed by atoms with Crippen LogP contribution >= 0.6 is 0 Å². The highest BCUT2D eigenvalue weighted by atomic mass is 16.1. The van der Waals surface area contributed by atoms with Crippen molar-refractivity contribution in [3.63, 3.8) is 0 Å². The number of nitrogens with zero attached hydrogens (tertiary/aromatic N) is 2. The summed E-state index contributed by atoms with van der Waals surface area (Å²) in [6.07, 6.45) is 2.38. The summed E-state index contributed by atoms with van der Waals surface area (Å²) < 4.78 is 1.72. The van der Waals surface area contributed by atoms with E-state index in [9.17, 15) is 4.79 Å². The lowest BCUT2D eigenvalue weighted by Gasteiger charge is -1.98. The van der Waals surface area contributed by atoms with Gasteiger partial charge in [-0.1, -0.05) is 6.92 Å². The minimum atomic E-state index is 0.0562. The number of hydrogen-bond donors (Lipinski definition) is 1. The maximum atomic E-state index is 10.8. The molecule has 0 aromatic carbocycles. The zero-order valence-electron chi connectivity index (χ0n) is 7.37. The first-order chi connectivity index (χ1) is 5.72. The van der Waals surface area contributed by atoms with Crippen LogP contribution in [0.3, 0.4) is 0 Å². The summed E-state index contributed by atoms with van der Waals surface area (Å²) in [7, 11) is 1.85. The fraction of sp³-hybridized carbons (Fsp3) is 0.500. The molecule has 4 nitrogen and oxygen atoms in total. The van der Waals surface area contributed by atoms with E-state index in [0.29, 0.717) is 13.0 Å². The summed E-state index contributed by atoms with van der Waals surface area (Å²) in [5, 5.41) is 6.87. The lowest BCUT2D eigenvalue weighted by Crippen LogP contribution is -2.21. The number of rotatable bonds is 3. The molecule has 1 aromatic rings. The van der Waals surface area contributed by atoms with Crippen LogP contribution in [0.4, 0.5) is 0 Å². The van der Waals surface area contributed by atoms with Gasteiger partial charge in [-0.25, -0.2) is 0 Å². The highest BCUT2D eigenvalue weighted by Gasteiger charge is 1.98. The summed E-state index contributed by atoms with van der Waals surface area (Å²) in [5.41, 5.74) is 0.888. The highest BCUT2D eigenvalue weighted by molar-refractivity contribution is 5.75. The second-order valence-corrected chi connectivity index (χ2v) is 2.61. The van der Waals surface area contributed by atoms with Crippen molar-refractivity contribution in [1.29, 1.82) is 0 Å². The lowest BCUT2D eigenvalue weighted by molar-refractivity contribution is -0.120. The topological polar surface area (TPSA) is 46.9 Å². The van der Waals surface area contributed by atoms with Crippen molar-refractivity contribution >= 4 is 5.91 Å². The quantitative estimate of drug-likeness (QED) is 0.710. The summed E-state index contributed by atoms with van der Waals surface area (Å²) in [6, 6.07) is 1.88. The molecule has 1 amide bonds. The Bertz CT molecular complexity index is 267. The molecule has 0 radical (unpaired) electrons. The number of carbonyl (C=O) groups excluding carboxylic acids is 1. The average molecular weight is 167 g/mol. The van der Waals surface area contributed by atoms with Gasteiger partial charge in [0.1, 0.15) is 0 Å². The first-order valence-corrected chi connectivity index (χ1v) is 3.97. The zero-order chi connectivity index (χ0) is 8.97. The Morgan fingerprint density at radius 3 is 3.00 bits per heavy atom. The second kappa shape index (κ2) is 3.90. The van der Waals surface area contributed by atoms with Crippen LogP contribution < -0.4 is 5.32 Å². The number of nitrogens with one attached hydrogen (secondary N) is 1. The van der Waals surface area contributed by atoms with E-state index in [2.05, 4.69) is 10.4 Å². The third-order valence-electron chi connectivity index (χ3n) is 1.56. The van der Waals surface area contributed by atoms with E-state index >= 15 is 0 Å². The van der Waals surface area contributed by atoms with Crippen molar-refractivity contribution in [2.45, 2.75) is 19.9 Å². The first kappa shape index (κ1) is 8.77. The summed E-state index contributed by atoms with van der Waals surface area (Å²) in [5.74, 6) is 0.0562. The van der Waals surface area contributed by atoms with Gasteiger partial charge in [-0.05, 0) is 6.07 Å². The molecule has 1 rings (SSSR count). The van der Waals surface area contributed by atoms with Crippen LogP contribution in [0.1, 0.15) is 19.0 Å². The molecule has 0 spiro atoms. The van der Waals surface area contributed by atoms with Crippen molar-refractivity contribution in [2.24, 2.45) is 7.05 Å². The van der Waals surface area contributed by atoms with Crippen molar-refractivity contribution in [2.75, 3.05) is 0 Å². The van der Waals surface area contributed by atoms with Crippen molar-refractivity contribution in [3.8, 4) is 0 Å². The molecule has 0 fully saturated rings. The van der Waals surface area contributed by atoms with E-state index in [1.165, 1.54) is 0 Å². The number of aryl methyl sites for hydroxylation is 1. The molecule has 0 atom stereocenters. The number of aromatic nitrogens is 2. The van der Waals surface area contributed by atoms with E-state index in [-0.39, 0.29) is 5.91 Å². The minimum Gasteiger partial charge on any atom is -0.350 e. The minimum absolute atomic E-state index is 0.0562. The number of hydrogen-bond acceptors (Lipinski definition) is 2. The van der Waals surface area contributed by atoms with Gasteiger partial charge < -0.3 is 5.32 Å². The second-order valence-electron chi connectivity index (χ2n) is 2.61. The van der Waals surface area contributed by atoms with Gasteiger partial charge >= 0.3 is 0 Å². The van der Waals surface area contributed by atoms with Crippen LogP contribution in [0.2, 0.25) is 0 Å². The summed E-state index contributed by atoms with van der Waals surface area (Å²) >= 11 is 0. The zero-order valence-corrected chi connectivity index (χ0v) is 7.37. The third kappa shape index (κ3) is 2.38. The molecule has 4 heteroatoms. The number of carbonyl (C=O) groups is 1. The fourth-order valence-corrected chi connectivity index (χ4v) is 0.872. The normalized spacial score (nSPS) is 9.83. The maximum Gasteiger partial charge on any atom is 0.220 e. The van der Waals surface area contributed by atoms with Crippen molar-refractivity contribution in [1.82, 2.24) is 15.1 Å². The molecule has 1 heterocycles.